The molecule has 0 heterocycles. The maximum atomic E-state index is 11.9. The van der Waals surface area contributed by atoms with Gasteiger partial charge >= 0.3 is 5.97 Å². The number of amides is 1. The van der Waals surface area contributed by atoms with Gasteiger partial charge in [-0.1, -0.05) is 73.5 Å². The number of aryl methyl sites for hydroxylation is 2. The molecular weight excluding hydrogens is 540 g/mol. The third-order valence-electron chi connectivity index (χ3n) is 8.21. The molecule has 0 atom stereocenters. The third-order valence-corrected chi connectivity index (χ3v) is 8.21. The van der Waals surface area contributed by atoms with Crippen LogP contribution in [0.25, 0.3) is 0 Å². The molecule has 0 spiro atoms. The zero-order valence-electron chi connectivity index (χ0n) is 26.0. The van der Waals surface area contributed by atoms with Crippen LogP contribution in [-0.2, 0) is 22.4 Å². The molecule has 0 aliphatic heterocycles. The highest BCUT2D eigenvalue weighted by molar-refractivity contribution is 5.76. The van der Waals surface area contributed by atoms with Crippen LogP contribution in [0, 0.1) is 0 Å². The van der Waals surface area contributed by atoms with Gasteiger partial charge in [-0.15, -0.1) is 0 Å². The molecule has 1 amide bonds. The summed E-state index contributed by atoms with van der Waals surface area (Å²) in [4.78, 5) is 22.1. The van der Waals surface area contributed by atoms with Gasteiger partial charge in [0.2, 0.25) is 5.91 Å². The van der Waals surface area contributed by atoms with Crippen molar-refractivity contribution in [3.8, 4) is 0 Å². The van der Waals surface area contributed by atoms with Gasteiger partial charge < -0.3 is 26.4 Å². The summed E-state index contributed by atoms with van der Waals surface area (Å²) in [5.74, 6) is -0.513. The van der Waals surface area contributed by atoms with E-state index >= 15 is 0 Å². The predicted molar refractivity (Wildman–Crippen MR) is 174 cm³/mol. The van der Waals surface area contributed by atoms with E-state index in [2.05, 4.69) is 41.7 Å². The highest BCUT2D eigenvalue weighted by atomic mass is 16.4. The molecule has 2 aliphatic rings. The molecule has 0 aromatic heterocycles. The number of carbonyl (C=O) groups excluding carboxylic acids is 1. The Bertz CT molecular complexity index is 962. The molecular formula is C36H56N2O5. The molecule has 2 fully saturated rings. The van der Waals surface area contributed by atoms with E-state index in [1.807, 2.05) is 24.3 Å². The number of carbonyl (C=O) groups is 2. The molecule has 4 rings (SSSR count). The van der Waals surface area contributed by atoms with Crippen molar-refractivity contribution in [1.29, 1.82) is 0 Å². The second-order valence-electron chi connectivity index (χ2n) is 12.1. The lowest BCUT2D eigenvalue weighted by Gasteiger charge is -2.26. The number of rotatable bonds is 13. The molecule has 0 saturated heterocycles. The van der Waals surface area contributed by atoms with Crippen LogP contribution in [0.2, 0.25) is 0 Å². The fraction of sp³-hybridized carbons (Fsp3) is 0.611. The lowest BCUT2D eigenvalue weighted by Crippen LogP contribution is -2.38. The molecule has 2 saturated carbocycles. The Morgan fingerprint density at radius 2 is 1.07 bits per heavy atom. The number of aliphatic hydroxyl groups excluding tert-OH is 2. The van der Waals surface area contributed by atoms with Crippen molar-refractivity contribution in [2.45, 2.75) is 140 Å². The van der Waals surface area contributed by atoms with Gasteiger partial charge in [0.15, 0.2) is 0 Å². The van der Waals surface area contributed by atoms with Gasteiger partial charge in [-0.3, -0.25) is 9.59 Å². The van der Waals surface area contributed by atoms with Crippen LogP contribution in [0.15, 0.2) is 60.7 Å². The summed E-state index contributed by atoms with van der Waals surface area (Å²) in [7, 11) is 0. The minimum Gasteiger partial charge on any atom is -0.481 e. The van der Waals surface area contributed by atoms with Crippen LogP contribution in [0.4, 0.5) is 0 Å². The number of aliphatic hydroxyl groups is 2. The minimum absolute atomic E-state index is 0.0604. The lowest BCUT2D eigenvalue weighted by atomic mass is 9.93. The molecule has 43 heavy (non-hydrogen) atoms. The Balaban J connectivity index is 0.000000251. The zero-order chi connectivity index (χ0) is 31.1. The maximum Gasteiger partial charge on any atom is 0.303 e. The standard InChI is InChI=1S/C18H27NO2.C12H16O2.C6H13NO/c20-17-13-11-16(12-14-17)19-18(21)10-6-2-5-9-15-7-3-1-4-8-15;13-12(14)10-6-2-5-9-11-7-3-1-4-8-11;7-5-1-3-6(8)4-2-5/h1,3-4,7-8,16-17,20H,2,5-6,9-14H2,(H,19,21);1,3-4,7-8H,2,5-6,9-10H2,(H,13,14);5-6,8H,1-4,7H2. The summed E-state index contributed by atoms with van der Waals surface area (Å²) in [6.07, 6.45) is 16.3. The molecule has 2 aliphatic carbocycles. The number of aliphatic carboxylic acids is 1. The fourth-order valence-corrected chi connectivity index (χ4v) is 5.48. The number of nitrogens with two attached hydrogens (primary N) is 1. The first-order valence-corrected chi connectivity index (χ1v) is 16.5. The summed E-state index contributed by atoms with van der Waals surface area (Å²) >= 11 is 0. The molecule has 6 N–H and O–H groups in total. The summed E-state index contributed by atoms with van der Waals surface area (Å²) in [5.41, 5.74) is 8.30. The normalized spacial score (nSPS) is 21.4. The van der Waals surface area contributed by atoms with Gasteiger partial charge in [-0.2, -0.15) is 0 Å². The molecule has 7 nitrogen and oxygen atoms in total. The number of carboxylic acids is 1. The van der Waals surface area contributed by atoms with Crippen LogP contribution < -0.4 is 11.1 Å². The third kappa shape index (κ3) is 19.2. The van der Waals surface area contributed by atoms with Crippen molar-refractivity contribution in [1.82, 2.24) is 5.32 Å². The number of benzene rings is 2. The summed E-state index contributed by atoms with van der Waals surface area (Å²) in [5, 5.41) is 29.9. The molecule has 240 valence electrons. The largest absolute Gasteiger partial charge is 0.481 e. The number of carboxylic acid groups (broad SMARTS) is 1. The lowest BCUT2D eigenvalue weighted by molar-refractivity contribution is -0.137. The number of hydrogen-bond donors (Lipinski definition) is 5. The average Bonchev–Trinajstić information content (AvgIpc) is 3.01. The second-order valence-corrected chi connectivity index (χ2v) is 12.1. The average molecular weight is 597 g/mol. The van der Waals surface area contributed by atoms with Crippen LogP contribution >= 0.6 is 0 Å². The van der Waals surface area contributed by atoms with Gasteiger partial charge in [0.05, 0.1) is 12.2 Å². The first-order chi connectivity index (χ1) is 20.8. The fourth-order valence-electron chi connectivity index (χ4n) is 5.48. The minimum atomic E-state index is -0.690. The highest BCUT2D eigenvalue weighted by Gasteiger charge is 2.20. The maximum absolute atomic E-state index is 11.9. The van der Waals surface area contributed by atoms with Crippen molar-refractivity contribution in [2.24, 2.45) is 5.73 Å². The number of unbranched alkanes of at least 4 members (excludes halogenated alkanes) is 4. The van der Waals surface area contributed by atoms with E-state index < -0.39 is 5.97 Å². The molecule has 0 radical (unpaired) electrons. The van der Waals surface area contributed by atoms with Crippen LogP contribution in [-0.4, -0.2) is 51.5 Å². The van der Waals surface area contributed by atoms with Crippen molar-refractivity contribution < 1.29 is 24.9 Å². The van der Waals surface area contributed by atoms with Crippen LogP contribution in [0.3, 0.4) is 0 Å². The molecule has 0 unspecified atom stereocenters. The van der Waals surface area contributed by atoms with Crippen LogP contribution in [0.5, 0.6) is 0 Å². The molecule has 7 heteroatoms. The summed E-state index contributed by atoms with van der Waals surface area (Å²) in [6, 6.07) is 21.4. The quantitative estimate of drug-likeness (QED) is 0.172. The van der Waals surface area contributed by atoms with E-state index in [4.69, 9.17) is 15.9 Å². The SMILES string of the molecule is NC1CCC(O)CC1.O=C(CCCCCc1ccccc1)NC1CCC(O)CC1.O=C(O)CCCCCc1ccccc1. The highest BCUT2D eigenvalue weighted by Crippen LogP contribution is 2.19. The monoisotopic (exact) mass is 596 g/mol. The summed E-state index contributed by atoms with van der Waals surface area (Å²) in [6.45, 7) is 0. The Morgan fingerprint density at radius 3 is 1.51 bits per heavy atom. The molecule has 2 aromatic carbocycles. The smallest absolute Gasteiger partial charge is 0.303 e. The van der Waals surface area contributed by atoms with Crippen molar-refractivity contribution in [3.63, 3.8) is 0 Å². The Hall–Kier alpha value is -2.74. The first-order valence-electron chi connectivity index (χ1n) is 16.5. The zero-order valence-corrected chi connectivity index (χ0v) is 26.0. The van der Waals surface area contributed by atoms with Crippen LogP contribution in [0.1, 0.15) is 114 Å². The van der Waals surface area contributed by atoms with E-state index in [9.17, 15) is 14.7 Å². The predicted octanol–water partition coefficient (Wildman–Crippen LogP) is 6.33. The van der Waals surface area contributed by atoms with E-state index in [-0.39, 0.29) is 24.2 Å². The van der Waals surface area contributed by atoms with E-state index in [0.717, 1.165) is 103 Å². The van der Waals surface area contributed by atoms with E-state index in [1.54, 1.807) is 0 Å². The Morgan fingerprint density at radius 1 is 0.628 bits per heavy atom. The summed E-state index contributed by atoms with van der Waals surface area (Å²) < 4.78 is 0. The number of hydrogen-bond acceptors (Lipinski definition) is 5. The molecule has 0 bridgehead atoms. The Labute approximate surface area is 259 Å². The van der Waals surface area contributed by atoms with Crippen molar-refractivity contribution in [3.05, 3.63) is 71.8 Å². The van der Waals surface area contributed by atoms with E-state index in [1.165, 1.54) is 11.1 Å². The van der Waals surface area contributed by atoms with Gasteiger partial charge in [0.1, 0.15) is 0 Å². The van der Waals surface area contributed by atoms with Crippen molar-refractivity contribution in [2.75, 3.05) is 0 Å². The van der Waals surface area contributed by atoms with Gasteiger partial charge in [-0.05, 0) is 101 Å². The van der Waals surface area contributed by atoms with Gasteiger partial charge in [-0.25, -0.2) is 0 Å². The van der Waals surface area contributed by atoms with Crippen molar-refractivity contribution >= 4 is 11.9 Å². The van der Waals surface area contributed by atoms with Gasteiger partial charge in [0.25, 0.3) is 0 Å². The molecule has 2 aromatic rings. The first kappa shape index (κ1) is 36.5. The van der Waals surface area contributed by atoms with Gasteiger partial charge in [0, 0.05) is 24.9 Å². The number of nitrogens with one attached hydrogen (secondary N) is 1. The Kier molecular flexibility index (Phi) is 19.3. The van der Waals surface area contributed by atoms with E-state index in [0.29, 0.717) is 18.9 Å². The topological polar surface area (TPSA) is 133 Å². The second kappa shape index (κ2) is 22.8.